The lowest BCUT2D eigenvalue weighted by molar-refractivity contribution is 0.248. The van der Waals surface area contributed by atoms with Gasteiger partial charge in [-0.05, 0) is 63.4 Å². The Bertz CT molecular complexity index is 363. The Balaban J connectivity index is 2.20. The highest BCUT2D eigenvalue weighted by Crippen LogP contribution is 2.12. The monoisotopic (exact) mass is 311 g/mol. The van der Waals surface area contributed by atoms with Gasteiger partial charge in [0.05, 0.1) is 0 Å². The molecule has 1 aromatic rings. The molecule has 3 nitrogen and oxygen atoms in total. The van der Waals surface area contributed by atoms with Crippen LogP contribution < -0.4 is 5.32 Å². The van der Waals surface area contributed by atoms with E-state index in [1.54, 1.807) is 0 Å². The van der Waals surface area contributed by atoms with Crippen molar-refractivity contribution in [3.8, 4) is 0 Å². The van der Waals surface area contributed by atoms with Crippen molar-refractivity contribution >= 4 is 17.3 Å². The molecule has 1 N–H and O–H groups in total. The lowest BCUT2D eigenvalue weighted by Gasteiger charge is -2.23. The third-order valence-corrected chi connectivity index (χ3v) is 4.14. The fraction of sp³-hybridized carbons (Fsp3) is 0.647. The molecule has 0 heterocycles. The van der Waals surface area contributed by atoms with E-state index < -0.39 is 0 Å². The third kappa shape index (κ3) is 7.70. The van der Waals surface area contributed by atoms with E-state index in [4.69, 9.17) is 11.6 Å². The average molecular weight is 312 g/mol. The van der Waals surface area contributed by atoms with Crippen molar-refractivity contribution in [2.45, 2.75) is 27.2 Å². The number of likely N-dealkylation sites (N-methyl/N-ethyl adjacent to an activating group) is 1. The molecule has 0 saturated carbocycles. The summed E-state index contributed by atoms with van der Waals surface area (Å²) in [4.78, 5) is 4.99. The van der Waals surface area contributed by atoms with Gasteiger partial charge < -0.3 is 15.1 Å². The van der Waals surface area contributed by atoms with Crippen molar-refractivity contribution in [3.05, 3.63) is 29.3 Å². The second-order valence-corrected chi connectivity index (χ2v) is 5.68. The van der Waals surface area contributed by atoms with E-state index in [1.165, 1.54) is 19.5 Å². The summed E-state index contributed by atoms with van der Waals surface area (Å²) < 4.78 is 0. The van der Waals surface area contributed by atoms with Crippen molar-refractivity contribution < 1.29 is 0 Å². The standard InChI is InChI=1S/C17H30ClN3/c1-4-20(5-2)13-7-14-21(6-3)15-12-19-17-10-8-16(18)9-11-17/h8-11,19H,4-7,12-15H2,1-3H3. The van der Waals surface area contributed by atoms with E-state index in [-0.39, 0.29) is 0 Å². The normalized spacial score (nSPS) is 11.3. The summed E-state index contributed by atoms with van der Waals surface area (Å²) in [7, 11) is 0. The van der Waals surface area contributed by atoms with Crippen LogP contribution in [-0.4, -0.2) is 55.6 Å². The molecule has 0 saturated heterocycles. The number of anilines is 1. The summed E-state index contributed by atoms with van der Waals surface area (Å²) in [5.74, 6) is 0. The molecule has 0 aromatic heterocycles. The first-order valence-electron chi connectivity index (χ1n) is 8.13. The van der Waals surface area contributed by atoms with Crippen LogP contribution in [0.15, 0.2) is 24.3 Å². The van der Waals surface area contributed by atoms with Crippen LogP contribution in [0.3, 0.4) is 0 Å². The van der Waals surface area contributed by atoms with E-state index in [1.807, 2.05) is 24.3 Å². The van der Waals surface area contributed by atoms with Crippen molar-refractivity contribution in [1.82, 2.24) is 9.80 Å². The molecule has 0 fully saturated rings. The van der Waals surface area contributed by atoms with Gasteiger partial charge in [0.2, 0.25) is 0 Å². The van der Waals surface area contributed by atoms with Crippen LogP contribution in [0.2, 0.25) is 5.02 Å². The highest BCUT2D eigenvalue weighted by atomic mass is 35.5. The second kappa shape index (κ2) is 10.9. The predicted molar refractivity (Wildman–Crippen MR) is 94.5 cm³/mol. The Kier molecular flexibility index (Phi) is 9.48. The van der Waals surface area contributed by atoms with Crippen LogP contribution in [0, 0.1) is 0 Å². The van der Waals surface area contributed by atoms with Gasteiger partial charge in [-0.25, -0.2) is 0 Å². The highest BCUT2D eigenvalue weighted by Gasteiger charge is 2.04. The number of nitrogens with zero attached hydrogens (tertiary/aromatic N) is 2. The minimum atomic E-state index is 0.784. The molecule has 1 aromatic carbocycles. The van der Waals surface area contributed by atoms with Gasteiger partial charge >= 0.3 is 0 Å². The lowest BCUT2D eigenvalue weighted by Crippen LogP contribution is -2.32. The van der Waals surface area contributed by atoms with Crippen molar-refractivity contribution in [3.63, 3.8) is 0 Å². The van der Waals surface area contributed by atoms with Gasteiger partial charge in [0.1, 0.15) is 0 Å². The first-order chi connectivity index (χ1) is 10.2. The molecule has 0 unspecified atom stereocenters. The maximum Gasteiger partial charge on any atom is 0.0407 e. The van der Waals surface area contributed by atoms with Gasteiger partial charge in [-0.1, -0.05) is 32.4 Å². The van der Waals surface area contributed by atoms with Gasteiger partial charge in [0.15, 0.2) is 0 Å². The summed E-state index contributed by atoms with van der Waals surface area (Å²) in [6, 6.07) is 7.90. The second-order valence-electron chi connectivity index (χ2n) is 5.25. The quantitative estimate of drug-likeness (QED) is 0.670. The molecule has 0 aliphatic heterocycles. The fourth-order valence-corrected chi connectivity index (χ4v) is 2.54. The lowest BCUT2D eigenvalue weighted by atomic mass is 10.3. The van der Waals surface area contributed by atoms with E-state index in [2.05, 4.69) is 35.9 Å². The smallest absolute Gasteiger partial charge is 0.0407 e. The molecule has 0 aliphatic carbocycles. The van der Waals surface area contributed by atoms with Gasteiger partial charge in [0.25, 0.3) is 0 Å². The maximum atomic E-state index is 5.89. The molecule has 0 spiro atoms. The minimum Gasteiger partial charge on any atom is -0.384 e. The molecule has 120 valence electrons. The molecular weight excluding hydrogens is 282 g/mol. The van der Waals surface area contributed by atoms with Gasteiger partial charge in [0, 0.05) is 23.8 Å². The molecule has 0 atom stereocenters. The van der Waals surface area contributed by atoms with Crippen LogP contribution in [0.1, 0.15) is 27.2 Å². The summed E-state index contributed by atoms with van der Waals surface area (Å²) >= 11 is 5.89. The number of rotatable bonds is 11. The van der Waals surface area contributed by atoms with Crippen LogP contribution in [-0.2, 0) is 0 Å². The van der Waals surface area contributed by atoms with E-state index in [9.17, 15) is 0 Å². The molecule has 0 aliphatic rings. The summed E-state index contributed by atoms with van der Waals surface area (Å²) in [6.07, 6.45) is 1.25. The van der Waals surface area contributed by atoms with Crippen molar-refractivity contribution in [2.24, 2.45) is 0 Å². The largest absolute Gasteiger partial charge is 0.384 e. The zero-order valence-electron chi connectivity index (χ0n) is 13.7. The Morgan fingerprint density at radius 2 is 1.43 bits per heavy atom. The van der Waals surface area contributed by atoms with Gasteiger partial charge in [-0.3, -0.25) is 0 Å². The minimum absolute atomic E-state index is 0.784. The van der Waals surface area contributed by atoms with E-state index in [0.29, 0.717) is 0 Å². The van der Waals surface area contributed by atoms with Gasteiger partial charge in [-0.15, -0.1) is 0 Å². The number of benzene rings is 1. The van der Waals surface area contributed by atoms with Crippen LogP contribution in [0.25, 0.3) is 0 Å². The first kappa shape index (κ1) is 18.3. The van der Waals surface area contributed by atoms with Crippen LogP contribution in [0.5, 0.6) is 0 Å². The van der Waals surface area contributed by atoms with Crippen molar-refractivity contribution in [2.75, 3.05) is 51.1 Å². The molecule has 0 amide bonds. The van der Waals surface area contributed by atoms with E-state index in [0.717, 1.165) is 43.4 Å². The maximum absolute atomic E-state index is 5.89. The molecular formula is C17H30ClN3. The molecule has 4 heteroatoms. The molecule has 1 rings (SSSR count). The summed E-state index contributed by atoms with van der Waals surface area (Å²) in [5, 5.41) is 4.23. The number of halogens is 1. The Hall–Kier alpha value is -0.770. The van der Waals surface area contributed by atoms with Gasteiger partial charge in [-0.2, -0.15) is 0 Å². The summed E-state index contributed by atoms with van der Waals surface area (Å²) in [6.45, 7) is 14.6. The number of hydrogen-bond acceptors (Lipinski definition) is 3. The molecule has 21 heavy (non-hydrogen) atoms. The van der Waals surface area contributed by atoms with Crippen molar-refractivity contribution in [1.29, 1.82) is 0 Å². The average Bonchev–Trinajstić information content (AvgIpc) is 2.51. The zero-order chi connectivity index (χ0) is 15.5. The van der Waals surface area contributed by atoms with E-state index >= 15 is 0 Å². The SMILES string of the molecule is CCN(CC)CCCN(CC)CCNc1ccc(Cl)cc1. The molecule has 0 radical (unpaired) electrons. The topological polar surface area (TPSA) is 18.5 Å². The zero-order valence-corrected chi connectivity index (χ0v) is 14.5. The fourth-order valence-electron chi connectivity index (χ4n) is 2.41. The predicted octanol–water partition coefficient (Wildman–Crippen LogP) is 3.81. The first-order valence-corrected chi connectivity index (χ1v) is 8.51. The van der Waals surface area contributed by atoms with Crippen LogP contribution in [0.4, 0.5) is 5.69 Å². The Labute approximate surface area is 135 Å². The number of nitrogens with one attached hydrogen (secondary N) is 1. The molecule has 0 bridgehead atoms. The summed E-state index contributed by atoms with van der Waals surface area (Å²) in [5.41, 5.74) is 1.14. The number of hydrogen-bond donors (Lipinski definition) is 1. The Morgan fingerprint density at radius 1 is 0.857 bits per heavy atom. The third-order valence-electron chi connectivity index (χ3n) is 3.89. The Morgan fingerprint density at radius 3 is 2.00 bits per heavy atom. The highest BCUT2D eigenvalue weighted by molar-refractivity contribution is 6.30. The van der Waals surface area contributed by atoms with Crippen LogP contribution >= 0.6 is 11.6 Å².